The first-order chi connectivity index (χ1) is 19.5. The van der Waals surface area contributed by atoms with Gasteiger partial charge in [0.2, 0.25) is 0 Å². The second-order valence-electron chi connectivity index (χ2n) is 12.6. The summed E-state index contributed by atoms with van der Waals surface area (Å²) in [4.78, 5) is 35.7. The molecule has 0 spiro atoms. The van der Waals surface area contributed by atoms with E-state index in [1.54, 1.807) is 6.20 Å². The van der Waals surface area contributed by atoms with Gasteiger partial charge in [-0.25, -0.2) is 15.0 Å². The lowest BCUT2D eigenvalue weighted by Crippen LogP contribution is -2.49. The number of aromatic nitrogens is 5. The Kier molecular flexibility index (Phi) is 6.41. The molecule has 0 bridgehead atoms. The van der Waals surface area contributed by atoms with E-state index < -0.39 is 0 Å². The highest BCUT2D eigenvalue weighted by Gasteiger charge is 2.34. The molecule has 9 nitrogen and oxygen atoms in total. The molecule has 40 heavy (non-hydrogen) atoms. The number of pyridine rings is 2. The van der Waals surface area contributed by atoms with Gasteiger partial charge in [-0.2, -0.15) is 0 Å². The van der Waals surface area contributed by atoms with Crippen molar-refractivity contribution >= 4 is 33.7 Å². The number of carbonyl (C=O) groups is 1. The molecule has 3 aliphatic rings. The molecule has 4 aromatic heterocycles. The first-order valence-corrected chi connectivity index (χ1v) is 14.9. The van der Waals surface area contributed by atoms with Crippen molar-refractivity contribution in [2.75, 3.05) is 18.4 Å². The number of H-pyrrole nitrogens is 1. The Morgan fingerprint density at radius 3 is 2.70 bits per heavy atom. The summed E-state index contributed by atoms with van der Waals surface area (Å²) in [7, 11) is 0. The second kappa shape index (κ2) is 10.1. The van der Waals surface area contributed by atoms with Gasteiger partial charge in [-0.15, -0.1) is 0 Å². The molecule has 0 radical (unpaired) electrons. The Balaban J connectivity index is 1.30. The Morgan fingerprint density at radius 2 is 1.90 bits per heavy atom. The average molecular weight is 539 g/mol. The summed E-state index contributed by atoms with van der Waals surface area (Å²) >= 11 is 0. The maximum atomic E-state index is 13.1. The Labute approximate surface area is 234 Å². The number of rotatable bonds is 6. The van der Waals surface area contributed by atoms with E-state index in [4.69, 9.17) is 9.97 Å². The number of nitrogens with zero attached hydrogens (tertiary/aromatic N) is 4. The quantitative estimate of drug-likeness (QED) is 0.263. The minimum absolute atomic E-state index is 0.0770. The highest BCUT2D eigenvalue weighted by atomic mass is 16.1. The molecular formula is C31H38N8O. The van der Waals surface area contributed by atoms with Gasteiger partial charge in [0.25, 0.3) is 5.91 Å². The standard InChI is InChI=1S/C31H38N8O/c1-31(2)17-32-12-11-25(31)38-29-26-22(18-8-9-18)15-33-16-24(26)37-28(39-29)20-10-13-34-27-21(20)14-23(36-27)30(40)35-19-6-4-3-5-7-19/h10,13-16,18-19,25,32H,3-9,11-12,17H2,1-2H3,(H,34,36)(H,35,40)(H,37,38,39). The molecule has 1 unspecified atom stereocenters. The number of aromatic amines is 1. The van der Waals surface area contributed by atoms with Gasteiger partial charge < -0.3 is 20.9 Å². The van der Waals surface area contributed by atoms with Crippen LogP contribution in [-0.2, 0) is 0 Å². The van der Waals surface area contributed by atoms with E-state index in [1.807, 2.05) is 24.5 Å². The van der Waals surface area contributed by atoms with Gasteiger partial charge in [-0.3, -0.25) is 9.78 Å². The zero-order chi connectivity index (χ0) is 27.3. The molecule has 0 aromatic carbocycles. The van der Waals surface area contributed by atoms with Crippen molar-refractivity contribution in [3.05, 3.63) is 42.0 Å². The monoisotopic (exact) mass is 538 g/mol. The molecule has 1 saturated heterocycles. The molecular weight excluding hydrogens is 500 g/mol. The van der Waals surface area contributed by atoms with Crippen LogP contribution in [-0.4, -0.2) is 56.0 Å². The summed E-state index contributed by atoms with van der Waals surface area (Å²) in [5, 5.41) is 12.5. The minimum Gasteiger partial charge on any atom is -0.366 e. The largest absolute Gasteiger partial charge is 0.366 e. The van der Waals surface area contributed by atoms with Crippen LogP contribution in [0.25, 0.3) is 33.3 Å². The smallest absolute Gasteiger partial charge is 0.267 e. The normalized spacial score (nSPS) is 21.5. The zero-order valence-electron chi connectivity index (χ0n) is 23.4. The highest BCUT2D eigenvalue weighted by molar-refractivity contribution is 6.02. The molecule has 7 rings (SSSR count). The van der Waals surface area contributed by atoms with Gasteiger partial charge in [-0.1, -0.05) is 33.1 Å². The van der Waals surface area contributed by atoms with Crippen LogP contribution in [0, 0.1) is 5.41 Å². The number of hydrogen-bond acceptors (Lipinski definition) is 7. The fourth-order valence-electron chi connectivity index (χ4n) is 6.50. The maximum Gasteiger partial charge on any atom is 0.267 e. The lowest BCUT2D eigenvalue weighted by atomic mass is 9.80. The van der Waals surface area contributed by atoms with Crippen molar-refractivity contribution in [2.45, 2.75) is 83.2 Å². The van der Waals surface area contributed by atoms with Crippen molar-refractivity contribution < 1.29 is 4.79 Å². The van der Waals surface area contributed by atoms with Crippen LogP contribution in [0.1, 0.15) is 87.2 Å². The summed E-state index contributed by atoms with van der Waals surface area (Å²) in [5.41, 5.74) is 4.20. The van der Waals surface area contributed by atoms with Gasteiger partial charge in [0.1, 0.15) is 17.2 Å². The Hall–Kier alpha value is -3.59. The average Bonchev–Trinajstić information content (AvgIpc) is 3.71. The van der Waals surface area contributed by atoms with Gasteiger partial charge in [-0.05, 0) is 67.7 Å². The van der Waals surface area contributed by atoms with Gasteiger partial charge >= 0.3 is 0 Å². The predicted molar refractivity (Wildman–Crippen MR) is 157 cm³/mol. The summed E-state index contributed by atoms with van der Waals surface area (Å²) in [6.45, 7) is 6.54. The van der Waals surface area contributed by atoms with Gasteiger partial charge in [0.15, 0.2) is 5.82 Å². The number of piperidine rings is 1. The third-order valence-electron chi connectivity index (χ3n) is 9.06. The zero-order valence-corrected chi connectivity index (χ0v) is 23.4. The minimum atomic E-state index is -0.0796. The maximum absolute atomic E-state index is 13.1. The van der Waals surface area contributed by atoms with Crippen molar-refractivity contribution in [3.8, 4) is 11.4 Å². The molecule has 1 amide bonds. The van der Waals surface area contributed by atoms with Crippen LogP contribution < -0.4 is 16.0 Å². The lowest BCUT2D eigenvalue weighted by Gasteiger charge is -2.40. The number of carbonyl (C=O) groups excluding carboxylic acids is 1. The number of fused-ring (bicyclic) bond motifs is 2. The van der Waals surface area contributed by atoms with E-state index in [1.165, 1.54) is 37.7 Å². The molecule has 2 aliphatic carbocycles. The molecule has 2 saturated carbocycles. The van der Waals surface area contributed by atoms with E-state index in [0.29, 0.717) is 23.1 Å². The Morgan fingerprint density at radius 1 is 1.05 bits per heavy atom. The highest BCUT2D eigenvalue weighted by Crippen LogP contribution is 2.45. The van der Waals surface area contributed by atoms with Crippen LogP contribution in [0.4, 0.5) is 5.82 Å². The van der Waals surface area contributed by atoms with E-state index in [2.05, 4.69) is 44.7 Å². The summed E-state index contributed by atoms with van der Waals surface area (Å²) in [5.74, 6) is 1.93. The van der Waals surface area contributed by atoms with Crippen LogP contribution in [0.5, 0.6) is 0 Å². The van der Waals surface area contributed by atoms with E-state index in [-0.39, 0.29) is 23.4 Å². The molecule has 4 aromatic rings. The first-order valence-electron chi connectivity index (χ1n) is 14.9. The van der Waals surface area contributed by atoms with Crippen molar-refractivity contribution in [3.63, 3.8) is 0 Å². The number of amides is 1. The summed E-state index contributed by atoms with van der Waals surface area (Å²) in [6.07, 6.45) is 14.7. The van der Waals surface area contributed by atoms with E-state index >= 15 is 0 Å². The molecule has 208 valence electrons. The van der Waals surface area contributed by atoms with Gasteiger partial charge in [0, 0.05) is 47.4 Å². The molecule has 5 heterocycles. The summed E-state index contributed by atoms with van der Waals surface area (Å²) in [6, 6.07) is 4.35. The van der Waals surface area contributed by atoms with E-state index in [0.717, 1.165) is 60.0 Å². The molecule has 1 atom stereocenters. The topological polar surface area (TPSA) is 121 Å². The van der Waals surface area contributed by atoms with Crippen LogP contribution in [0.2, 0.25) is 0 Å². The van der Waals surface area contributed by atoms with Crippen molar-refractivity contribution in [2.24, 2.45) is 5.41 Å². The number of hydrogen-bond donors (Lipinski definition) is 4. The fourth-order valence-corrected chi connectivity index (χ4v) is 6.50. The molecule has 1 aliphatic heterocycles. The third-order valence-corrected chi connectivity index (χ3v) is 9.06. The predicted octanol–water partition coefficient (Wildman–Crippen LogP) is 5.31. The number of nitrogens with one attached hydrogen (secondary N) is 4. The lowest BCUT2D eigenvalue weighted by molar-refractivity contribution is 0.0923. The molecule has 9 heteroatoms. The summed E-state index contributed by atoms with van der Waals surface area (Å²) < 4.78 is 0. The third kappa shape index (κ3) is 4.80. The SMILES string of the molecule is CC1(C)CNCCC1Nc1nc(-c2ccnc3[nH]c(C(=O)NC4CCCCC4)cc23)nc2cncc(C3CC3)c12. The second-order valence-corrected chi connectivity index (χ2v) is 12.6. The fraction of sp³-hybridized carbons (Fsp3) is 0.516. The Bertz CT molecular complexity index is 1570. The van der Waals surface area contributed by atoms with Crippen molar-refractivity contribution in [1.82, 2.24) is 35.6 Å². The number of anilines is 1. The molecule has 4 N–H and O–H groups in total. The first kappa shape index (κ1) is 25.4. The van der Waals surface area contributed by atoms with Crippen LogP contribution >= 0.6 is 0 Å². The molecule has 3 fully saturated rings. The van der Waals surface area contributed by atoms with Crippen molar-refractivity contribution in [1.29, 1.82) is 0 Å². The van der Waals surface area contributed by atoms with Gasteiger partial charge in [0.05, 0.1) is 11.7 Å². The van der Waals surface area contributed by atoms with E-state index in [9.17, 15) is 4.79 Å². The van der Waals surface area contributed by atoms with Crippen LogP contribution in [0.3, 0.4) is 0 Å². The van der Waals surface area contributed by atoms with Crippen LogP contribution in [0.15, 0.2) is 30.7 Å².